The molecule has 0 bridgehead atoms. The molecule has 0 N–H and O–H groups in total. The van der Waals surface area contributed by atoms with Crippen LogP contribution in [0.15, 0.2) is 0 Å². The molecule has 4 atom stereocenters. The summed E-state index contributed by atoms with van der Waals surface area (Å²) in [6.07, 6.45) is 10.5. The third-order valence-corrected chi connectivity index (χ3v) is 7.83. The Balaban J connectivity index is 1.70. The molecule has 0 saturated heterocycles. The van der Waals surface area contributed by atoms with Crippen molar-refractivity contribution >= 4 is 15.7 Å². The molecular weight excluding hydrogens is 214 g/mol. The largest absolute Gasteiger partial charge is 0.100 e. The Morgan fingerprint density at radius 1 is 1.17 bits per heavy atom. The highest BCUT2D eigenvalue weighted by molar-refractivity contribution is 6.40. The minimum absolute atomic E-state index is 0.504. The monoisotopic (exact) mass is 244 g/mol. The molecule has 100 valence electrons. The average molecular weight is 244 g/mol. The summed E-state index contributed by atoms with van der Waals surface area (Å²) in [5.74, 6) is 3.28. The van der Waals surface area contributed by atoms with E-state index < -0.39 is 0 Å². The number of rotatable bonds is 4. The molecule has 2 heteroatoms. The Labute approximate surface area is 115 Å². The second-order valence-corrected chi connectivity index (χ2v) is 8.89. The first-order valence-corrected chi connectivity index (χ1v) is 8.33. The van der Waals surface area contributed by atoms with Crippen molar-refractivity contribution < 1.29 is 0 Å². The normalized spacial score (nSPS) is 42.7. The minimum Gasteiger partial charge on any atom is -0.0769 e. The van der Waals surface area contributed by atoms with Crippen LogP contribution in [0.5, 0.6) is 0 Å². The molecule has 0 heterocycles. The summed E-state index contributed by atoms with van der Waals surface area (Å²) >= 11 is 0. The first kappa shape index (κ1) is 13.1. The summed E-state index contributed by atoms with van der Waals surface area (Å²) in [7, 11) is 5.13. The maximum absolute atomic E-state index is 2.56. The van der Waals surface area contributed by atoms with Crippen LogP contribution in [0.4, 0.5) is 0 Å². The molecule has 0 amide bonds. The lowest BCUT2D eigenvalue weighted by molar-refractivity contribution is 0.0374. The van der Waals surface area contributed by atoms with Crippen molar-refractivity contribution in [3.63, 3.8) is 0 Å². The molecule has 3 aliphatic rings. The van der Waals surface area contributed by atoms with E-state index in [1.54, 1.807) is 25.7 Å². The maximum Gasteiger partial charge on any atom is 0.100 e. The third-order valence-electron chi connectivity index (χ3n) is 7.83. The zero-order chi connectivity index (χ0) is 13.2. The van der Waals surface area contributed by atoms with Gasteiger partial charge in [0.05, 0.1) is 0 Å². The van der Waals surface area contributed by atoms with Crippen molar-refractivity contribution in [1.82, 2.24) is 0 Å². The van der Waals surface area contributed by atoms with Gasteiger partial charge in [-0.3, -0.25) is 0 Å². The van der Waals surface area contributed by atoms with Crippen molar-refractivity contribution in [2.24, 2.45) is 28.6 Å². The first-order chi connectivity index (χ1) is 8.33. The van der Waals surface area contributed by atoms with Crippen LogP contribution in [0.1, 0.15) is 65.7 Å². The molecule has 18 heavy (non-hydrogen) atoms. The zero-order valence-corrected chi connectivity index (χ0v) is 13.2. The van der Waals surface area contributed by atoms with Crippen LogP contribution in [-0.2, 0) is 0 Å². The standard InChI is InChI=1S/C16H30B2/c1-4-6-14(2,3)16(17,18)11-5-7-15-10-13(15)9-12(15)8-11/h11-13H,4-10,17-18H2,1-3H3. The van der Waals surface area contributed by atoms with Gasteiger partial charge in [-0.1, -0.05) is 38.8 Å². The summed E-state index contributed by atoms with van der Waals surface area (Å²) in [5.41, 5.74) is 1.41. The summed E-state index contributed by atoms with van der Waals surface area (Å²) < 4.78 is 0. The molecule has 0 aromatic carbocycles. The quantitative estimate of drug-likeness (QED) is 0.667. The van der Waals surface area contributed by atoms with E-state index in [9.17, 15) is 0 Å². The Morgan fingerprint density at radius 3 is 2.39 bits per heavy atom. The molecule has 0 nitrogen and oxygen atoms in total. The van der Waals surface area contributed by atoms with E-state index >= 15 is 0 Å². The van der Waals surface area contributed by atoms with E-state index in [1.165, 1.54) is 25.2 Å². The van der Waals surface area contributed by atoms with Crippen LogP contribution < -0.4 is 0 Å². The molecule has 0 aromatic heterocycles. The highest BCUT2D eigenvalue weighted by Crippen LogP contribution is 2.77. The van der Waals surface area contributed by atoms with Crippen LogP contribution in [0, 0.1) is 28.6 Å². The molecule has 0 aliphatic heterocycles. The Kier molecular flexibility index (Phi) is 2.79. The van der Waals surface area contributed by atoms with Gasteiger partial charge < -0.3 is 0 Å². The molecule has 0 aromatic rings. The van der Waals surface area contributed by atoms with Crippen molar-refractivity contribution in [2.45, 2.75) is 70.9 Å². The first-order valence-electron chi connectivity index (χ1n) is 8.33. The SMILES string of the molecule is BC(B)(C1CCC23CC2CC3C1)C(C)(C)CCC. The molecule has 0 radical (unpaired) electrons. The third kappa shape index (κ3) is 1.59. The lowest BCUT2D eigenvalue weighted by atomic mass is 9.35. The summed E-state index contributed by atoms with van der Waals surface area (Å²) in [5, 5.41) is 0.518. The second kappa shape index (κ2) is 3.83. The van der Waals surface area contributed by atoms with Crippen molar-refractivity contribution in [3.8, 4) is 0 Å². The van der Waals surface area contributed by atoms with E-state index in [1.807, 2.05) is 0 Å². The van der Waals surface area contributed by atoms with E-state index in [2.05, 4.69) is 36.5 Å². The summed E-state index contributed by atoms with van der Waals surface area (Å²) in [6, 6.07) is 0. The number of hydrogen-bond acceptors (Lipinski definition) is 0. The summed E-state index contributed by atoms with van der Waals surface area (Å²) in [4.78, 5) is 0. The van der Waals surface area contributed by atoms with E-state index in [-0.39, 0.29) is 0 Å². The van der Waals surface area contributed by atoms with Gasteiger partial charge in [0.15, 0.2) is 0 Å². The van der Waals surface area contributed by atoms with E-state index in [0.717, 1.165) is 17.3 Å². The molecule has 3 rings (SSSR count). The van der Waals surface area contributed by atoms with Crippen LogP contribution in [0.3, 0.4) is 0 Å². The predicted octanol–water partition coefficient (Wildman–Crippen LogP) is 3.02. The number of hydrogen-bond donors (Lipinski definition) is 0. The predicted molar refractivity (Wildman–Crippen MR) is 84.5 cm³/mol. The Morgan fingerprint density at radius 2 is 1.89 bits per heavy atom. The van der Waals surface area contributed by atoms with Crippen LogP contribution in [0.25, 0.3) is 0 Å². The van der Waals surface area contributed by atoms with Gasteiger partial charge >= 0.3 is 0 Å². The van der Waals surface area contributed by atoms with Gasteiger partial charge in [-0.05, 0) is 60.7 Å². The highest BCUT2D eigenvalue weighted by Gasteiger charge is 2.68. The summed E-state index contributed by atoms with van der Waals surface area (Å²) in [6.45, 7) is 7.37. The van der Waals surface area contributed by atoms with Crippen LogP contribution in [-0.4, -0.2) is 15.7 Å². The maximum atomic E-state index is 2.56. The van der Waals surface area contributed by atoms with Crippen LogP contribution >= 0.6 is 0 Å². The van der Waals surface area contributed by atoms with Gasteiger partial charge in [0.2, 0.25) is 0 Å². The average Bonchev–Trinajstić information content (AvgIpc) is 2.82. The molecule has 4 unspecified atom stereocenters. The van der Waals surface area contributed by atoms with Gasteiger partial charge in [-0.2, -0.15) is 0 Å². The fourth-order valence-corrected chi connectivity index (χ4v) is 5.54. The van der Waals surface area contributed by atoms with Crippen molar-refractivity contribution in [3.05, 3.63) is 0 Å². The molecule has 3 aliphatic carbocycles. The van der Waals surface area contributed by atoms with Gasteiger partial charge in [0.25, 0.3) is 0 Å². The minimum atomic E-state index is 0.504. The molecular formula is C16H30B2. The Hall–Kier alpha value is 0.130. The molecule has 3 fully saturated rings. The van der Waals surface area contributed by atoms with Gasteiger partial charge in [-0.15, -0.1) is 0 Å². The smallest absolute Gasteiger partial charge is 0.0769 e. The van der Waals surface area contributed by atoms with Gasteiger partial charge in [0, 0.05) is 0 Å². The topological polar surface area (TPSA) is 0 Å². The van der Waals surface area contributed by atoms with Gasteiger partial charge in [-0.25, -0.2) is 0 Å². The lowest BCUT2D eigenvalue weighted by Crippen LogP contribution is -2.45. The van der Waals surface area contributed by atoms with Crippen molar-refractivity contribution in [2.75, 3.05) is 0 Å². The van der Waals surface area contributed by atoms with Crippen LogP contribution in [0.2, 0.25) is 5.21 Å². The Bertz CT molecular complexity index is 347. The second-order valence-electron chi connectivity index (χ2n) is 8.89. The molecule has 3 saturated carbocycles. The fourth-order valence-electron chi connectivity index (χ4n) is 5.54. The fraction of sp³-hybridized carbons (Fsp3) is 1.00. The van der Waals surface area contributed by atoms with Crippen molar-refractivity contribution in [1.29, 1.82) is 0 Å². The van der Waals surface area contributed by atoms with E-state index in [4.69, 9.17) is 0 Å². The van der Waals surface area contributed by atoms with Gasteiger partial charge in [0.1, 0.15) is 15.7 Å². The van der Waals surface area contributed by atoms with E-state index in [0.29, 0.717) is 10.6 Å². The molecule has 1 spiro atoms. The zero-order valence-electron chi connectivity index (χ0n) is 13.2. The lowest BCUT2D eigenvalue weighted by Gasteiger charge is -2.54. The highest BCUT2D eigenvalue weighted by atomic mass is 14.7.